The van der Waals surface area contributed by atoms with Crippen LogP contribution in [-0.4, -0.2) is 85.8 Å². The Labute approximate surface area is 227 Å². The average molecular weight is 548 g/mol. The molecule has 1 aromatic carbocycles. The van der Waals surface area contributed by atoms with Crippen molar-refractivity contribution in [1.82, 2.24) is 14.5 Å². The maximum atomic E-state index is 13.4. The van der Waals surface area contributed by atoms with Crippen molar-refractivity contribution in [1.29, 1.82) is 5.26 Å². The molecular weight excluding hydrogens is 506 g/mol. The molecular formula is C27H41N5O5S. The molecule has 2 aliphatic rings. The van der Waals surface area contributed by atoms with Crippen LogP contribution in [-0.2, 0) is 26.0 Å². The van der Waals surface area contributed by atoms with E-state index in [1.54, 1.807) is 20.8 Å². The lowest BCUT2D eigenvalue weighted by molar-refractivity contribution is -0.131. The zero-order valence-electron chi connectivity index (χ0n) is 23.3. The monoisotopic (exact) mass is 547 g/mol. The zero-order valence-corrected chi connectivity index (χ0v) is 24.1. The number of hydrogen-bond acceptors (Lipinski definition) is 7. The summed E-state index contributed by atoms with van der Waals surface area (Å²) < 4.78 is 30.6. The molecule has 4 atom stereocenters. The van der Waals surface area contributed by atoms with Crippen LogP contribution in [0.25, 0.3) is 0 Å². The van der Waals surface area contributed by atoms with Gasteiger partial charge in [-0.1, -0.05) is 19.1 Å². The van der Waals surface area contributed by atoms with Gasteiger partial charge in [-0.05, 0) is 64.2 Å². The molecule has 0 unspecified atom stereocenters. The lowest BCUT2D eigenvalue weighted by Crippen LogP contribution is -2.60. The number of nitrogens with zero attached hydrogens (tertiary/aromatic N) is 4. The molecule has 2 amide bonds. The van der Waals surface area contributed by atoms with Gasteiger partial charge in [-0.25, -0.2) is 13.2 Å². The van der Waals surface area contributed by atoms with Crippen LogP contribution in [0.2, 0.25) is 0 Å². The second-order valence-electron chi connectivity index (χ2n) is 11.4. The second-order valence-corrected chi connectivity index (χ2v) is 13.4. The van der Waals surface area contributed by atoms with Crippen molar-refractivity contribution < 1.29 is 22.7 Å². The molecule has 2 heterocycles. The van der Waals surface area contributed by atoms with Crippen LogP contribution in [0.3, 0.4) is 0 Å². The number of anilines is 1. The summed E-state index contributed by atoms with van der Waals surface area (Å²) in [5, 5.41) is 12.7. The van der Waals surface area contributed by atoms with Crippen molar-refractivity contribution in [2.75, 3.05) is 37.3 Å². The highest BCUT2D eigenvalue weighted by Gasteiger charge is 2.43. The minimum atomic E-state index is -3.18. The third-order valence-electron chi connectivity index (χ3n) is 7.15. The van der Waals surface area contributed by atoms with E-state index in [0.29, 0.717) is 32.6 Å². The minimum absolute atomic E-state index is 0.0690. The SMILES string of the molecule is C[C@@H]1CC[C@H](C)N(C(=O)OC(C)(C)C)[C@@H]1C(=O)N[C@H](C#N)Cc1ccc(N2CCN(S(C)(=O)=O)CC2)cc1. The molecule has 2 aliphatic heterocycles. The summed E-state index contributed by atoms with van der Waals surface area (Å²) in [6.07, 6.45) is 2.62. The van der Waals surface area contributed by atoms with Crippen LogP contribution in [0.4, 0.5) is 10.5 Å². The number of nitrogens with one attached hydrogen (secondary N) is 1. The van der Waals surface area contributed by atoms with Crippen LogP contribution in [0.1, 0.15) is 53.0 Å². The first kappa shape index (κ1) is 29.7. The van der Waals surface area contributed by atoms with Gasteiger partial charge in [0.05, 0.1) is 12.3 Å². The summed E-state index contributed by atoms with van der Waals surface area (Å²) in [6, 6.07) is 8.33. The Kier molecular flexibility index (Phi) is 9.31. The molecule has 38 heavy (non-hydrogen) atoms. The number of nitriles is 1. The number of sulfonamides is 1. The summed E-state index contributed by atoms with van der Waals surface area (Å²) in [5.74, 6) is -0.415. The van der Waals surface area contributed by atoms with Gasteiger partial charge < -0.3 is 15.0 Å². The first-order valence-corrected chi connectivity index (χ1v) is 15.0. The predicted octanol–water partition coefficient (Wildman–Crippen LogP) is 2.74. The molecule has 210 valence electrons. The molecule has 0 aliphatic carbocycles. The number of rotatable bonds is 6. The lowest BCUT2D eigenvalue weighted by Gasteiger charge is -2.43. The van der Waals surface area contributed by atoms with Crippen LogP contribution < -0.4 is 10.2 Å². The first-order valence-electron chi connectivity index (χ1n) is 13.2. The first-order chi connectivity index (χ1) is 17.7. The number of hydrogen-bond donors (Lipinski definition) is 1. The molecule has 0 bridgehead atoms. The smallest absolute Gasteiger partial charge is 0.411 e. The van der Waals surface area contributed by atoms with Crippen LogP contribution in [0.15, 0.2) is 24.3 Å². The topological polar surface area (TPSA) is 123 Å². The molecule has 0 spiro atoms. The molecule has 1 N–H and O–H groups in total. The third kappa shape index (κ3) is 7.60. The quantitative estimate of drug-likeness (QED) is 0.581. The highest BCUT2D eigenvalue weighted by atomic mass is 32.2. The Morgan fingerprint density at radius 3 is 2.24 bits per heavy atom. The van der Waals surface area contributed by atoms with Gasteiger partial charge in [-0.3, -0.25) is 9.69 Å². The number of ether oxygens (including phenoxy) is 1. The lowest BCUT2D eigenvalue weighted by atomic mass is 9.86. The predicted molar refractivity (Wildman–Crippen MR) is 146 cm³/mol. The molecule has 1 aromatic rings. The number of benzene rings is 1. The van der Waals surface area contributed by atoms with Crippen molar-refractivity contribution in [2.24, 2.45) is 5.92 Å². The minimum Gasteiger partial charge on any atom is -0.444 e. The number of carbonyl (C=O) groups is 2. The summed E-state index contributed by atoms with van der Waals surface area (Å²) in [6.45, 7) is 11.4. The average Bonchev–Trinajstić information content (AvgIpc) is 2.83. The molecule has 0 saturated carbocycles. The number of piperidine rings is 1. The van der Waals surface area contributed by atoms with Crippen molar-refractivity contribution in [3.05, 3.63) is 29.8 Å². The fraction of sp³-hybridized carbons (Fsp3) is 0.667. The number of piperazine rings is 1. The van der Waals surface area contributed by atoms with Gasteiger partial charge in [-0.2, -0.15) is 9.57 Å². The van der Waals surface area contributed by atoms with E-state index in [4.69, 9.17) is 4.74 Å². The Bertz CT molecular complexity index is 1130. The Hall–Kier alpha value is -2.84. The molecule has 2 fully saturated rings. The fourth-order valence-electron chi connectivity index (χ4n) is 5.08. The van der Waals surface area contributed by atoms with Crippen molar-refractivity contribution in [3.63, 3.8) is 0 Å². The van der Waals surface area contributed by atoms with Gasteiger partial charge in [0.15, 0.2) is 0 Å². The fourth-order valence-corrected chi connectivity index (χ4v) is 5.91. The van der Waals surface area contributed by atoms with Crippen LogP contribution in [0.5, 0.6) is 0 Å². The van der Waals surface area contributed by atoms with E-state index in [1.165, 1.54) is 15.5 Å². The van der Waals surface area contributed by atoms with Crippen molar-refractivity contribution in [3.8, 4) is 6.07 Å². The molecule has 3 rings (SSSR count). The summed E-state index contributed by atoms with van der Waals surface area (Å²) in [4.78, 5) is 30.0. The van der Waals surface area contributed by atoms with E-state index in [2.05, 4.69) is 16.3 Å². The summed E-state index contributed by atoms with van der Waals surface area (Å²) in [7, 11) is -3.18. The highest BCUT2D eigenvalue weighted by molar-refractivity contribution is 7.88. The third-order valence-corrected chi connectivity index (χ3v) is 8.45. The Morgan fingerprint density at radius 2 is 1.71 bits per heavy atom. The Morgan fingerprint density at radius 1 is 1.11 bits per heavy atom. The van der Waals surface area contributed by atoms with Crippen molar-refractivity contribution >= 4 is 27.7 Å². The Balaban J connectivity index is 1.64. The number of likely N-dealkylation sites (tertiary alicyclic amines) is 1. The van der Waals surface area contributed by atoms with E-state index < -0.39 is 33.8 Å². The van der Waals surface area contributed by atoms with Crippen molar-refractivity contribution in [2.45, 2.75) is 77.6 Å². The molecule has 0 aromatic heterocycles. The largest absolute Gasteiger partial charge is 0.444 e. The second kappa shape index (κ2) is 11.9. The maximum Gasteiger partial charge on any atom is 0.411 e. The maximum absolute atomic E-state index is 13.4. The molecule has 2 saturated heterocycles. The van der Waals surface area contributed by atoms with Gasteiger partial charge in [0.1, 0.15) is 17.7 Å². The number of amides is 2. The number of carbonyl (C=O) groups excluding carboxylic acids is 2. The summed E-state index contributed by atoms with van der Waals surface area (Å²) in [5.41, 5.74) is 1.20. The molecule has 11 heteroatoms. The standard InChI is InChI=1S/C27H41N5O5S/c1-19-7-8-20(2)32(26(34)37-27(3,4)5)24(19)25(33)29-22(18-28)17-21-9-11-23(12-10-21)30-13-15-31(16-14-30)38(6,35)36/h9-12,19-20,22,24H,7-8,13-17H2,1-6H3,(H,29,33)/t19-,20+,22+,24+/m1/s1. The van der Waals surface area contributed by atoms with Crippen LogP contribution in [0, 0.1) is 17.2 Å². The van der Waals surface area contributed by atoms with E-state index in [-0.39, 0.29) is 17.9 Å². The summed E-state index contributed by atoms with van der Waals surface area (Å²) >= 11 is 0. The van der Waals surface area contributed by atoms with E-state index in [0.717, 1.165) is 24.1 Å². The van der Waals surface area contributed by atoms with E-state index in [9.17, 15) is 23.3 Å². The molecule has 0 radical (unpaired) electrons. The van der Waals surface area contributed by atoms with E-state index in [1.807, 2.05) is 38.1 Å². The normalized spacial score (nSPS) is 23.9. The highest BCUT2D eigenvalue weighted by Crippen LogP contribution is 2.30. The van der Waals surface area contributed by atoms with Gasteiger partial charge in [0.25, 0.3) is 0 Å². The molecule has 10 nitrogen and oxygen atoms in total. The van der Waals surface area contributed by atoms with E-state index >= 15 is 0 Å². The zero-order chi connectivity index (χ0) is 28.3. The van der Waals surface area contributed by atoms with Gasteiger partial charge in [-0.15, -0.1) is 0 Å². The van der Waals surface area contributed by atoms with Gasteiger partial charge in [0.2, 0.25) is 15.9 Å². The van der Waals surface area contributed by atoms with Gasteiger partial charge >= 0.3 is 6.09 Å². The van der Waals surface area contributed by atoms with Crippen LogP contribution >= 0.6 is 0 Å². The van der Waals surface area contributed by atoms with Gasteiger partial charge in [0, 0.05) is 44.3 Å².